The van der Waals surface area contributed by atoms with Crippen molar-refractivity contribution in [2.45, 2.75) is 54.8 Å². The molecule has 8 heteroatoms. The zero-order chi connectivity index (χ0) is 17.3. The van der Waals surface area contributed by atoms with Gasteiger partial charge < -0.3 is 16.0 Å². The van der Waals surface area contributed by atoms with Gasteiger partial charge in [0.05, 0.1) is 10.9 Å². The highest BCUT2D eigenvalue weighted by Gasteiger charge is 2.34. The number of hydrogen-bond donors (Lipinski definition) is 2. The topological polar surface area (TPSA) is 75.4 Å². The van der Waals surface area contributed by atoms with E-state index in [4.69, 9.17) is 17.3 Å². The van der Waals surface area contributed by atoms with Gasteiger partial charge in [-0.15, -0.1) is 24.2 Å². The molecule has 25 heavy (non-hydrogen) atoms. The second kappa shape index (κ2) is 8.62. The van der Waals surface area contributed by atoms with Crippen molar-refractivity contribution in [3.8, 4) is 0 Å². The van der Waals surface area contributed by atoms with E-state index >= 15 is 0 Å². The van der Waals surface area contributed by atoms with E-state index in [2.05, 4.69) is 5.32 Å². The Morgan fingerprint density at radius 3 is 2.96 bits per heavy atom. The minimum atomic E-state index is -0.415. The summed E-state index contributed by atoms with van der Waals surface area (Å²) in [7, 11) is 0. The Morgan fingerprint density at radius 1 is 1.48 bits per heavy atom. The van der Waals surface area contributed by atoms with Crippen LogP contribution in [-0.2, 0) is 9.59 Å². The number of anilines is 1. The number of piperidine rings is 1. The van der Waals surface area contributed by atoms with Gasteiger partial charge >= 0.3 is 0 Å². The van der Waals surface area contributed by atoms with Gasteiger partial charge in [-0.3, -0.25) is 9.59 Å². The minimum Gasteiger partial charge on any atom is -0.338 e. The van der Waals surface area contributed by atoms with E-state index in [0.29, 0.717) is 10.7 Å². The first-order chi connectivity index (χ1) is 11.5. The Hall–Kier alpha value is -0.950. The monoisotopic (exact) mass is 403 g/mol. The molecule has 0 bridgehead atoms. The Balaban J connectivity index is 0.00000225. The Kier molecular flexibility index (Phi) is 7.02. The summed E-state index contributed by atoms with van der Waals surface area (Å²) in [5.74, 6) is -0.125. The van der Waals surface area contributed by atoms with E-state index in [0.717, 1.165) is 30.7 Å². The van der Waals surface area contributed by atoms with Crippen LogP contribution >= 0.6 is 35.8 Å². The van der Waals surface area contributed by atoms with Crippen molar-refractivity contribution in [2.75, 3.05) is 11.9 Å². The molecule has 5 nitrogen and oxygen atoms in total. The summed E-state index contributed by atoms with van der Waals surface area (Å²) in [6, 6.07) is 5.43. The fourth-order valence-electron chi connectivity index (χ4n) is 3.35. The molecule has 138 valence electrons. The summed E-state index contributed by atoms with van der Waals surface area (Å²) in [4.78, 5) is 27.9. The lowest BCUT2D eigenvalue weighted by Crippen LogP contribution is -2.52. The lowest BCUT2D eigenvalue weighted by Gasteiger charge is -2.39. The second-order valence-corrected chi connectivity index (χ2v) is 8.13. The van der Waals surface area contributed by atoms with Crippen LogP contribution in [0.4, 0.5) is 5.69 Å². The molecule has 0 aliphatic carbocycles. The maximum Gasteiger partial charge on any atom is 0.238 e. The smallest absolute Gasteiger partial charge is 0.238 e. The molecule has 3 unspecified atom stereocenters. The van der Waals surface area contributed by atoms with Gasteiger partial charge in [0.1, 0.15) is 0 Å². The number of nitrogens with two attached hydrogens (primary N) is 1. The van der Waals surface area contributed by atoms with E-state index < -0.39 is 5.25 Å². The number of nitrogens with zero attached hydrogens (tertiary/aromatic N) is 1. The quantitative estimate of drug-likeness (QED) is 0.811. The number of fused-ring (bicyclic) bond motifs is 1. The molecule has 2 aliphatic rings. The molecule has 1 aromatic rings. The van der Waals surface area contributed by atoms with E-state index in [1.165, 1.54) is 11.8 Å². The summed E-state index contributed by atoms with van der Waals surface area (Å²) >= 11 is 7.39. The molecule has 2 amide bonds. The largest absolute Gasteiger partial charge is 0.338 e. The molecule has 3 rings (SSSR count). The van der Waals surface area contributed by atoms with Crippen LogP contribution in [0.15, 0.2) is 23.1 Å². The molecule has 0 aromatic heterocycles. The number of carbonyl (C=O) groups excluding carboxylic acids is 2. The Bertz CT molecular complexity index is 657. The molecular formula is C17H23Cl2N3O2S. The van der Waals surface area contributed by atoms with Crippen molar-refractivity contribution in [1.82, 2.24) is 4.90 Å². The van der Waals surface area contributed by atoms with Gasteiger partial charge in [-0.2, -0.15) is 0 Å². The number of rotatable bonds is 3. The van der Waals surface area contributed by atoms with Crippen molar-refractivity contribution >= 4 is 53.3 Å². The highest BCUT2D eigenvalue weighted by Crippen LogP contribution is 2.38. The highest BCUT2D eigenvalue weighted by atomic mass is 35.5. The predicted octanol–water partition coefficient (Wildman–Crippen LogP) is 3.29. The number of hydrogen-bond acceptors (Lipinski definition) is 4. The molecule has 1 aromatic carbocycles. The molecular weight excluding hydrogens is 381 g/mol. The summed E-state index contributed by atoms with van der Waals surface area (Å²) < 4.78 is 0. The SMILES string of the molecule is CC(N)C1CCCCN1C(=O)CC1Sc2ccc(Cl)cc2NC1=O.Cl. The number of carbonyl (C=O) groups is 2. The molecule has 2 aliphatic heterocycles. The van der Waals surface area contributed by atoms with E-state index in [1.807, 2.05) is 17.9 Å². The first kappa shape index (κ1) is 20.4. The Morgan fingerprint density at radius 2 is 2.24 bits per heavy atom. The van der Waals surface area contributed by atoms with Crippen molar-refractivity contribution in [1.29, 1.82) is 0 Å². The van der Waals surface area contributed by atoms with Crippen molar-refractivity contribution < 1.29 is 9.59 Å². The van der Waals surface area contributed by atoms with E-state index in [1.54, 1.807) is 12.1 Å². The van der Waals surface area contributed by atoms with Crippen LogP contribution in [0.5, 0.6) is 0 Å². The highest BCUT2D eigenvalue weighted by molar-refractivity contribution is 8.01. The predicted molar refractivity (Wildman–Crippen MR) is 105 cm³/mol. The third kappa shape index (κ3) is 4.61. The summed E-state index contributed by atoms with van der Waals surface area (Å²) in [6.45, 7) is 2.68. The fraction of sp³-hybridized carbons (Fsp3) is 0.529. The standard InChI is InChI=1S/C17H22ClN3O2S.ClH/c1-10(19)13-4-2-3-7-21(13)16(22)9-15-17(23)20-12-8-11(18)5-6-14(12)24-15;/h5-6,8,10,13,15H,2-4,7,9,19H2,1H3,(H,20,23);1H. The molecule has 3 N–H and O–H groups in total. The van der Waals surface area contributed by atoms with Crippen LogP contribution in [0.1, 0.15) is 32.6 Å². The maximum atomic E-state index is 12.7. The molecule has 3 atom stereocenters. The lowest BCUT2D eigenvalue weighted by atomic mass is 9.96. The van der Waals surface area contributed by atoms with Crippen molar-refractivity contribution in [2.24, 2.45) is 5.73 Å². The molecule has 0 spiro atoms. The Labute approximate surface area is 163 Å². The molecule has 2 heterocycles. The van der Waals surface area contributed by atoms with Gasteiger partial charge in [0, 0.05) is 35.0 Å². The average Bonchev–Trinajstić information content (AvgIpc) is 2.55. The van der Waals surface area contributed by atoms with E-state index in [9.17, 15) is 9.59 Å². The number of nitrogens with one attached hydrogen (secondary N) is 1. The van der Waals surface area contributed by atoms with Gasteiger partial charge in [-0.1, -0.05) is 11.6 Å². The van der Waals surface area contributed by atoms with Crippen LogP contribution in [0, 0.1) is 0 Å². The third-order valence-electron chi connectivity index (χ3n) is 4.60. The summed E-state index contributed by atoms with van der Waals surface area (Å²) in [6.07, 6.45) is 3.24. The second-order valence-electron chi connectivity index (χ2n) is 6.45. The minimum absolute atomic E-state index is 0. The van der Waals surface area contributed by atoms with Gasteiger partial charge in [0.15, 0.2) is 0 Å². The number of thioether (sulfide) groups is 1. The van der Waals surface area contributed by atoms with Crippen LogP contribution in [0.25, 0.3) is 0 Å². The third-order valence-corrected chi connectivity index (χ3v) is 6.11. The summed E-state index contributed by atoms with van der Waals surface area (Å²) in [5.41, 5.74) is 6.76. The zero-order valence-corrected chi connectivity index (χ0v) is 16.4. The number of amides is 2. The van der Waals surface area contributed by atoms with Crippen LogP contribution < -0.4 is 11.1 Å². The molecule has 0 radical (unpaired) electrons. The number of likely N-dealkylation sites (tertiary alicyclic amines) is 1. The van der Waals surface area contributed by atoms with Gasteiger partial charge in [-0.25, -0.2) is 0 Å². The molecule has 0 saturated carbocycles. The number of halogens is 2. The van der Waals surface area contributed by atoms with Crippen LogP contribution in [0.3, 0.4) is 0 Å². The average molecular weight is 404 g/mol. The van der Waals surface area contributed by atoms with Crippen LogP contribution in [-0.4, -0.2) is 40.6 Å². The molecule has 1 saturated heterocycles. The van der Waals surface area contributed by atoms with Gasteiger partial charge in [-0.05, 0) is 44.4 Å². The number of benzene rings is 1. The van der Waals surface area contributed by atoms with E-state index in [-0.39, 0.29) is 42.7 Å². The van der Waals surface area contributed by atoms with Crippen molar-refractivity contribution in [3.05, 3.63) is 23.2 Å². The van der Waals surface area contributed by atoms with Crippen molar-refractivity contribution in [3.63, 3.8) is 0 Å². The van der Waals surface area contributed by atoms with Gasteiger partial charge in [0.2, 0.25) is 11.8 Å². The zero-order valence-electron chi connectivity index (χ0n) is 14.0. The van der Waals surface area contributed by atoms with Gasteiger partial charge in [0.25, 0.3) is 0 Å². The lowest BCUT2D eigenvalue weighted by molar-refractivity contribution is -0.136. The summed E-state index contributed by atoms with van der Waals surface area (Å²) in [5, 5.41) is 3.02. The normalized spacial score (nSPS) is 24.0. The molecule has 1 fully saturated rings. The van der Waals surface area contributed by atoms with Crippen LogP contribution in [0.2, 0.25) is 5.02 Å². The first-order valence-electron chi connectivity index (χ1n) is 8.28. The fourth-order valence-corrected chi connectivity index (χ4v) is 4.60. The maximum absolute atomic E-state index is 12.7. The first-order valence-corrected chi connectivity index (χ1v) is 9.53.